The van der Waals surface area contributed by atoms with Crippen LogP contribution in [0.1, 0.15) is 35.1 Å². The van der Waals surface area contributed by atoms with Crippen LogP contribution in [0.4, 0.5) is 18.9 Å². The van der Waals surface area contributed by atoms with E-state index in [1.165, 1.54) is 6.07 Å². The SMILES string of the molecule is Cc1cc(C)c(NC(=O)C2CCN(S(=O)(=O)c3ccccc3C(F)(F)F)CC2)c(C)c1. The van der Waals surface area contributed by atoms with Crippen LogP contribution in [0.2, 0.25) is 0 Å². The number of piperidine rings is 1. The number of rotatable bonds is 4. The number of aryl methyl sites for hydroxylation is 3. The van der Waals surface area contributed by atoms with Gasteiger partial charge in [0.05, 0.1) is 10.5 Å². The van der Waals surface area contributed by atoms with Crippen LogP contribution < -0.4 is 5.32 Å². The third-order valence-corrected chi connectivity index (χ3v) is 7.52. The van der Waals surface area contributed by atoms with E-state index in [1.54, 1.807) is 0 Å². The summed E-state index contributed by atoms with van der Waals surface area (Å²) in [6.45, 7) is 5.75. The molecule has 9 heteroatoms. The second kappa shape index (κ2) is 8.63. The summed E-state index contributed by atoms with van der Waals surface area (Å²) in [5.41, 5.74) is 2.53. The molecule has 1 N–H and O–H groups in total. The highest BCUT2D eigenvalue weighted by Gasteiger charge is 2.40. The van der Waals surface area contributed by atoms with Crippen LogP contribution in [0, 0.1) is 26.7 Å². The van der Waals surface area contributed by atoms with E-state index in [1.807, 2.05) is 32.9 Å². The molecule has 0 aromatic heterocycles. The summed E-state index contributed by atoms with van der Waals surface area (Å²) in [6, 6.07) is 8.10. The van der Waals surface area contributed by atoms with E-state index in [2.05, 4.69) is 5.32 Å². The Hall–Kier alpha value is -2.39. The fourth-order valence-corrected chi connectivity index (χ4v) is 5.71. The number of nitrogens with one attached hydrogen (secondary N) is 1. The van der Waals surface area contributed by atoms with E-state index >= 15 is 0 Å². The Morgan fingerprint density at radius 1 is 1.03 bits per heavy atom. The Morgan fingerprint density at radius 3 is 2.13 bits per heavy atom. The summed E-state index contributed by atoms with van der Waals surface area (Å²) >= 11 is 0. The number of sulfonamides is 1. The predicted octanol–water partition coefficient (Wildman–Crippen LogP) is 4.67. The maximum Gasteiger partial charge on any atom is 0.417 e. The Morgan fingerprint density at radius 2 is 1.58 bits per heavy atom. The number of hydrogen-bond donors (Lipinski definition) is 1. The van der Waals surface area contributed by atoms with Gasteiger partial charge >= 0.3 is 6.18 Å². The highest BCUT2D eigenvalue weighted by molar-refractivity contribution is 7.89. The van der Waals surface area contributed by atoms with Crippen LogP contribution in [0.5, 0.6) is 0 Å². The minimum atomic E-state index is -4.77. The average molecular weight is 455 g/mol. The van der Waals surface area contributed by atoms with E-state index < -0.39 is 32.6 Å². The van der Waals surface area contributed by atoms with Crippen LogP contribution >= 0.6 is 0 Å². The van der Waals surface area contributed by atoms with E-state index in [0.29, 0.717) is 0 Å². The number of carbonyl (C=O) groups excluding carboxylic acids is 1. The molecule has 1 amide bonds. The molecular formula is C22H25F3N2O3S. The quantitative estimate of drug-likeness (QED) is 0.730. The van der Waals surface area contributed by atoms with E-state index in [-0.39, 0.29) is 31.8 Å². The highest BCUT2D eigenvalue weighted by Crippen LogP contribution is 2.36. The van der Waals surface area contributed by atoms with Gasteiger partial charge in [0.25, 0.3) is 0 Å². The number of nitrogens with zero attached hydrogens (tertiary/aromatic N) is 1. The van der Waals surface area contributed by atoms with Crippen LogP contribution in [-0.4, -0.2) is 31.7 Å². The number of carbonyl (C=O) groups is 1. The van der Waals surface area contributed by atoms with Gasteiger partial charge in [-0.25, -0.2) is 8.42 Å². The molecule has 1 fully saturated rings. The summed E-state index contributed by atoms with van der Waals surface area (Å²) in [5, 5.41) is 2.93. The monoisotopic (exact) mass is 454 g/mol. The standard InChI is InChI=1S/C22H25F3N2O3S/c1-14-12-15(2)20(16(3)13-14)26-21(28)17-8-10-27(11-9-17)31(29,30)19-7-5-4-6-18(19)22(23,24)25/h4-7,12-13,17H,8-11H2,1-3H3,(H,26,28). The van der Waals surface area contributed by atoms with Gasteiger partial charge in [0.1, 0.15) is 0 Å². The maximum atomic E-state index is 13.3. The lowest BCUT2D eigenvalue weighted by Gasteiger charge is -2.31. The van der Waals surface area contributed by atoms with Gasteiger partial charge in [-0.15, -0.1) is 0 Å². The van der Waals surface area contributed by atoms with Crippen molar-refractivity contribution in [3.63, 3.8) is 0 Å². The normalized spacial score (nSPS) is 16.3. The first-order chi connectivity index (χ1) is 14.4. The van der Waals surface area contributed by atoms with Gasteiger partial charge in [-0.1, -0.05) is 29.8 Å². The van der Waals surface area contributed by atoms with Gasteiger partial charge in [0, 0.05) is 24.7 Å². The molecular weight excluding hydrogens is 429 g/mol. The van der Waals surface area contributed by atoms with Gasteiger partial charge in [-0.2, -0.15) is 17.5 Å². The van der Waals surface area contributed by atoms with Crippen LogP contribution in [0.3, 0.4) is 0 Å². The van der Waals surface area contributed by atoms with Crippen LogP contribution in [-0.2, 0) is 21.0 Å². The lowest BCUT2D eigenvalue weighted by Crippen LogP contribution is -2.42. The minimum absolute atomic E-state index is 0.0154. The van der Waals surface area contributed by atoms with Gasteiger partial charge < -0.3 is 5.32 Å². The number of halogens is 3. The molecule has 0 atom stereocenters. The third kappa shape index (κ3) is 4.93. The molecule has 1 aliphatic heterocycles. The first-order valence-electron chi connectivity index (χ1n) is 9.96. The number of hydrogen-bond acceptors (Lipinski definition) is 3. The van der Waals surface area contributed by atoms with Gasteiger partial charge in [0.2, 0.25) is 15.9 Å². The Labute approximate surface area is 180 Å². The van der Waals surface area contributed by atoms with Crippen LogP contribution in [0.15, 0.2) is 41.3 Å². The Bertz CT molecular complexity index is 1070. The van der Waals surface area contributed by atoms with Gasteiger partial charge in [-0.05, 0) is 56.9 Å². The van der Waals surface area contributed by atoms with Gasteiger partial charge in [0.15, 0.2) is 0 Å². The van der Waals surface area contributed by atoms with Crippen molar-refractivity contribution in [2.75, 3.05) is 18.4 Å². The Kier molecular flexibility index (Phi) is 6.48. The molecule has 5 nitrogen and oxygen atoms in total. The van der Waals surface area contributed by atoms with Crippen molar-refractivity contribution in [1.82, 2.24) is 4.31 Å². The van der Waals surface area contributed by atoms with E-state index in [9.17, 15) is 26.4 Å². The van der Waals surface area contributed by atoms with Crippen molar-refractivity contribution < 1.29 is 26.4 Å². The number of alkyl halides is 3. The second-order valence-corrected chi connectivity index (χ2v) is 9.84. The van der Waals surface area contributed by atoms with Crippen LogP contribution in [0.25, 0.3) is 0 Å². The predicted molar refractivity (Wildman–Crippen MR) is 112 cm³/mol. The zero-order valence-corrected chi connectivity index (χ0v) is 18.4. The molecule has 2 aromatic carbocycles. The van der Waals surface area contributed by atoms with Crippen molar-refractivity contribution in [3.05, 3.63) is 58.7 Å². The van der Waals surface area contributed by atoms with Gasteiger partial charge in [-0.3, -0.25) is 4.79 Å². The zero-order chi connectivity index (χ0) is 23.0. The summed E-state index contributed by atoms with van der Waals surface area (Å²) in [4.78, 5) is 12.0. The van der Waals surface area contributed by atoms with E-state index in [0.717, 1.165) is 44.9 Å². The lowest BCUT2D eigenvalue weighted by molar-refractivity contribution is -0.139. The number of benzene rings is 2. The smallest absolute Gasteiger partial charge is 0.325 e. The molecule has 0 aliphatic carbocycles. The van der Waals surface area contributed by atoms with Crippen molar-refractivity contribution in [2.24, 2.45) is 5.92 Å². The topological polar surface area (TPSA) is 66.5 Å². The molecule has 1 heterocycles. The molecule has 168 valence electrons. The summed E-state index contributed by atoms with van der Waals surface area (Å²) in [7, 11) is -4.32. The Balaban J connectivity index is 1.72. The molecule has 1 saturated heterocycles. The summed E-state index contributed by atoms with van der Waals surface area (Å²) < 4.78 is 66.6. The fraction of sp³-hybridized carbons (Fsp3) is 0.409. The molecule has 2 aromatic rings. The average Bonchev–Trinajstić information content (AvgIpc) is 2.70. The molecule has 1 aliphatic rings. The first kappa shape index (κ1) is 23.3. The molecule has 3 rings (SSSR count). The summed E-state index contributed by atoms with van der Waals surface area (Å²) in [6.07, 6.45) is -4.29. The number of amides is 1. The number of anilines is 1. The highest BCUT2D eigenvalue weighted by atomic mass is 32.2. The molecule has 0 unspecified atom stereocenters. The largest absolute Gasteiger partial charge is 0.417 e. The third-order valence-electron chi connectivity index (χ3n) is 5.56. The molecule has 0 saturated carbocycles. The van der Waals surface area contributed by atoms with Crippen molar-refractivity contribution in [3.8, 4) is 0 Å². The maximum absolute atomic E-state index is 13.3. The lowest BCUT2D eigenvalue weighted by atomic mass is 9.96. The van der Waals surface area contributed by atoms with Crippen molar-refractivity contribution >= 4 is 21.6 Å². The molecule has 0 bridgehead atoms. The minimum Gasteiger partial charge on any atom is -0.325 e. The molecule has 0 radical (unpaired) electrons. The zero-order valence-electron chi connectivity index (χ0n) is 17.6. The fourth-order valence-electron chi connectivity index (χ4n) is 4.03. The van der Waals surface area contributed by atoms with Crippen molar-refractivity contribution in [1.29, 1.82) is 0 Å². The first-order valence-corrected chi connectivity index (χ1v) is 11.4. The van der Waals surface area contributed by atoms with E-state index in [4.69, 9.17) is 0 Å². The second-order valence-electron chi connectivity index (χ2n) is 7.94. The van der Waals surface area contributed by atoms with Crippen molar-refractivity contribution in [2.45, 2.75) is 44.7 Å². The molecule has 31 heavy (non-hydrogen) atoms. The molecule has 0 spiro atoms. The summed E-state index contributed by atoms with van der Waals surface area (Å²) in [5.74, 6) is -0.618.